The van der Waals surface area contributed by atoms with Gasteiger partial charge in [0.25, 0.3) is 0 Å². The molecule has 0 saturated carbocycles. The van der Waals surface area contributed by atoms with Crippen molar-refractivity contribution < 1.29 is 30.3 Å². The Morgan fingerprint density at radius 2 is 1.38 bits per heavy atom. The number of hydrogen-bond acceptors (Lipinski definition) is 1. The third-order valence-electron chi connectivity index (χ3n) is 6.59. The van der Waals surface area contributed by atoms with Crippen LogP contribution in [0.15, 0.2) is 66.4 Å². The van der Waals surface area contributed by atoms with Crippen LogP contribution in [-0.4, -0.2) is 32.6 Å². The fourth-order valence-corrected chi connectivity index (χ4v) is 5.94. The average Bonchev–Trinajstić information content (AvgIpc) is 3.07. The summed E-state index contributed by atoms with van der Waals surface area (Å²) in [7, 11) is 2.18. The monoisotopic (exact) mass is 434 g/mol. The molecule has 0 radical (unpaired) electrons. The van der Waals surface area contributed by atoms with Gasteiger partial charge in [0.1, 0.15) is 0 Å². The molecular formula is C25H28NOSiTi+. The van der Waals surface area contributed by atoms with Crippen molar-refractivity contribution in [2.24, 2.45) is 0 Å². The molecule has 0 atom stereocenters. The largest absolute Gasteiger partial charge is 0.587 e. The maximum absolute atomic E-state index is 13.7. The van der Waals surface area contributed by atoms with E-state index in [9.17, 15) is 4.46 Å². The molecule has 29 heavy (non-hydrogen) atoms. The van der Waals surface area contributed by atoms with Crippen LogP contribution >= 0.6 is 0 Å². The van der Waals surface area contributed by atoms with Crippen LogP contribution in [0.2, 0.25) is 0 Å². The van der Waals surface area contributed by atoms with Gasteiger partial charge in [0, 0.05) is 33.3 Å². The van der Waals surface area contributed by atoms with Gasteiger partial charge in [0.05, 0.1) is 19.6 Å². The molecule has 2 aromatic carbocycles. The van der Waals surface area contributed by atoms with Crippen LogP contribution in [0.25, 0.3) is 16.7 Å². The van der Waals surface area contributed by atoms with Crippen molar-refractivity contribution in [1.82, 2.24) is 0 Å². The molecular weight excluding hydrogens is 406 g/mol. The van der Waals surface area contributed by atoms with Gasteiger partial charge >= 0.3 is 8.84 Å². The van der Waals surface area contributed by atoms with E-state index < -0.39 is 8.84 Å². The second kappa shape index (κ2) is 7.55. The van der Waals surface area contributed by atoms with Gasteiger partial charge in [0.15, 0.2) is 0 Å². The smallest absolute Gasteiger partial charge is 0.325 e. The number of rotatable bonds is 2. The van der Waals surface area contributed by atoms with Crippen molar-refractivity contribution in [2.75, 3.05) is 14.1 Å². The summed E-state index contributed by atoms with van der Waals surface area (Å²) in [5, 5.41) is 1.08. The zero-order valence-corrected chi connectivity index (χ0v) is 20.5. The van der Waals surface area contributed by atoms with Gasteiger partial charge in [0.2, 0.25) is 0 Å². The molecule has 0 saturated heterocycles. The number of allylic oxidation sites excluding steroid dienone is 4. The second-order valence-electron chi connectivity index (χ2n) is 9.24. The molecule has 0 N–H and O–H groups in total. The molecule has 0 bridgehead atoms. The molecule has 0 spiro atoms. The molecule has 2 aromatic rings. The van der Waals surface area contributed by atoms with Gasteiger partial charge in [-0.15, -0.1) is 0 Å². The molecule has 0 unspecified atom stereocenters. The molecule has 4 rings (SSSR count). The van der Waals surface area contributed by atoms with Crippen molar-refractivity contribution in [3.05, 3.63) is 88.6 Å². The van der Waals surface area contributed by atoms with Crippen molar-refractivity contribution in [3.63, 3.8) is 0 Å². The van der Waals surface area contributed by atoms with E-state index in [0.29, 0.717) is 4.15 Å². The summed E-state index contributed by atoms with van der Waals surface area (Å²) in [4.78, 5) is 0. The van der Waals surface area contributed by atoms with Gasteiger partial charge in [-0.05, 0) is 65.8 Å². The molecule has 0 aromatic heterocycles. The summed E-state index contributed by atoms with van der Waals surface area (Å²) in [6.07, 6.45) is 2.96. The van der Waals surface area contributed by atoms with Crippen molar-refractivity contribution in [2.45, 2.75) is 32.7 Å². The van der Waals surface area contributed by atoms with Gasteiger partial charge < -0.3 is 8.61 Å². The SMILES string of the molecule is C=C1c2ccccc2C2=C(CC([Si](=O)[N+](C)(C)C(C)(C)C)=C2)c2ccccc21.[Ti]. The third-order valence-corrected chi connectivity index (χ3v) is 9.15. The number of quaternary nitrogens is 1. The molecule has 0 aliphatic heterocycles. The Hall–Kier alpha value is -1.65. The van der Waals surface area contributed by atoms with Crippen molar-refractivity contribution in [3.8, 4) is 0 Å². The standard InChI is InChI=1S/C25H28NOSi.Ti/c1-17-19-11-7-9-13-21(19)23-15-18(28(27)26(5,6)25(2,3)4)16-24(23)22-14-10-8-12-20(17)22;/h7-15H,1,16H2,2-6H3;/q+1;. The second-order valence-corrected chi connectivity index (χ2v) is 11.6. The van der Waals surface area contributed by atoms with Crippen LogP contribution in [0.5, 0.6) is 0 Å². The summed E-state index contributed by atoms with van der Waals surface area (Å²) in [6, 6.07) is 17.0. The van der Waals surface area contributed by atoms with E-state index in [1.54, 1.807) is 0 Å². The van der Waals surface area contributed by atoms with E-state index in [2.05, 4.69) is 96.1 Å². The number of hydrogen-bond donors (Lipinski definition) is 0. The van der Waals surface area contributed by atoms with Gasteiger partial charge in [-0.2, -0.15) is 0 Å². The third kappa shape index (κ3) is 3.44. The molecule has 0 fully saturated rings. The van der Waals surface area contributed by atoms with Crippen molar-refractivity contribution >= 4 is 25.6 Å². The fourth-order valence-electron chi connectivity index (χ4n) is 4.02. The minimum absolute atomic E-state index is 0. The first kappa shape index (κ1) is 22.0. The van der Waals surface area contributed by atoms with E-state index in [1.165, 1.54) is 33.4 Å². The summed E-state index contributed by atoms with van der Waals surface area (Å²) in [5.74, 6) is 0. The van der Waals surface area contributed by atoms with Crippen LogP contribution in [0.3, 0.4) is 0 Å². The van der Waals surface area contributed by atoms with Crippen LogP contribution < -0.4 is 0 Å². The Bertz CT molecular complexity index is 1090. The average molecular weight is 434 g/mol. The minimum atomic E-state index is -2.00. The predicted octanol–water partition coefficient (Wildman–Crippen LogP) is 5.63. The van der Waals surface area contributed by atoms with Crippen molar-refractivity contribution in [1.29, 1.82) is 0 Å². The predicted molar refractivity (Wildman–Crippen MR) is 119 cm³/mol. The summed E-state index contributed by atoms with van der Waals surface area (Å²) in [6.45, 7) is 10.9. The summed E-state index contributed by atoms with van der Waals surface area (Å²) >= 11 is 0. The van der Waals surface area contributed by atoms with E-state index in [0.717, 1.165) is 17.2 Å². The van der Waals surface area contributed by atoms with Crippen LogP contribution in [0.1, 0.15) is 49.4 Å². The Kier molecular flexibility index (Phi) is 5.74. The molecule has 4 heteroatoms. The molecule has 2 aliphatic carbocycles. The first-order valence-electron chi connectivity index (χ1n) is 9.84. The maximum Gasteiger partial charge on any atom is 0.587 e. The quantitative estimate of drug-likeness (QED) is 0.560. The molecule has 2 nitrogen and oxygen atoms in total. The first-order chi connectivity index (χ1) is 13.1. The molecule has 0 heterocycles. The fraction of sp³-hybridized carbons (Fsp3) is 0.280. The molecule has 146 valence electrons. The summed E-state index contributed by atoms with van der Waals surface area (Å²) in [5.41, 5.74) is 8.24. The molecule has 2 aliphatic rings. The topological polar surface area (TPSA) is 17.1 Å². The van der Waals surface area contributed by atoms with Crippen LogP contribution in [0, 0.1) is 0 Å². The van der Waals surface area contributed by atoms with Gasteiger partial charge in [-0.1, -0.05) is 55.1 Å². The van der Waals surface area contributed by atoms with Gasteiger partial charge in [-0.25, -0.2) is 0 Å². The Labute approximate surface area is 190 Å². The normalized spacial score (nSPS) is 15.6. The Morgan fingerprint density at radius 3 is 1.93 bits per heavy atom. The van der Waals surface area contributed by atoms with Crippen LogP contribution in [0.4, 0.5) is 0 Å². The van der Waals surface area contributed by atoms with E-state index in [-0.39, 0.29) is 27.3 Å². The van der Waals surface area contributed by atoms with Gasteiger partial charge in [-0.3, -0.25) is 0 Å². The van der Waals surface area contributed by atoms with E-state index >= 15 is 0 Å². The molecule has 0 amide bonds. The number of fused-ring (bicyclic) bond motifs is 4. The first-order valence-corrected chi connectivity index (χ1v) is 11.2. The number of benzene rings is 2. The van der Waals surface area contributed by atoms with E-state index in [4.69, 9.17) is 0 Å². The summed E-state index contributed by atoms with van der Waals surface area (Å²) < 4.78 is 14.2. The minimum Gasteiger partial charge on any atom is -0.325 e. The van der Waals surface area contributed by atoms with E-state index in [1.807, 2.05) is 0 Å². The zero-order valence-electron chi connectivity index (χ0n) is 18.0. The Morgan fingerprint density at radius 1 is 0.897 bits per heavy atom. The zero-order chi connectivity index (χ0) is 20.3. The Balaban J connectivity index is 0.00000240. The number of nitrogens with zero attached hydrogens (tertiary/aromatic N) is 1. The van der Waals surface area contributed by atoms with Crippen LogP contribution in [-0.2, 0) is 26.2 Å². The maximum atomic E-state index is 13.7.